The Morgan fingerprint density at radius 1 is 1.35 bits per heavy atom. The highest BCUT2D eigenvalue weighted by Crippen LogP contribution is 2.61. The number of carbonyl (C=O) groups excluding carboxylic acids is 1. The van der Waals surface area contributed by atoms with Crippen LogP contribution in [0, 0.1) is 11.8 Å². The number of rotatable bonds is 2. The zero-order valence-corrected chi connectivity index (χ0v) is 15.4. The van der Waals surface area contributed by atoms with Crippen LogP contribution in [0.25, 0.3) is 0 Å². The van der Waals surface area contributed by atoms with E-state index >= 15 is 0 Å². The van der Waals surface area contributed by atoms with E-state index in [1.807, 2.05) is 6.07 Å². The van der Waals surface area contributed by atoms with Crippen molar-refractivity contribution in [1.82, 2.24) is 4.90 Å². The second kappa shape index (κ2) is 5.51. The summed E-state index contributed by atoms with van der Waals surface area (Å²) in [5.74, 6) is -0.156. The van der Waals surface area contributed by atoms with E-state index in [0.717, 1.165) is 30.8 Å². The van der Waals surface area contributed by atoms with Gasteiger partial charge in [0, 0.05) is 25.8 Å². The normalized spacial score (nSPS) is 38.7. The lowest BCUT2D eigenvalue weighted by Crippen LogP contribution is -2.71. The number of aliphatic imine (C=N–C) groups is 1. The molecule has 5 rings (SSSR count). The molecule has 4 aliphatic rings. The van der Waals surface area contributed by atoms with Gasteiger partial charge in [-0.15, -0.1) is 0 Å². The number of carbonyl (C=O) groups is 1. The van der Waals surface area contributed by atoms with Gasteiger partial charge >= 0.3 is 5.97 Å². The lowest BCUT2D eigenvalue weighted by atomic mass is 9.50. The molecule has 5 heteroatoms. The van der Waals surface area contributed by atoms with E-state index in [-0.39, 0.29) is 30.1 Å². The Balaban J connectivity index is 1.80. The van der Waals surface area contributed by atoms with Gasteiger partial charge in [0.1, 0.15) is 6.23 Å². The third-order valence-corrected chi connectivity index (χ3v) is 7.01. The molecule has 26 heavy (non-hydrogen) atoms. The van der Waals surface area contributed by atoms with Gasteiger partial charge in [0.25, 0.3) is 0 Å². The van der Waals surface area contributed by atoms with Crippen LogP contribution >= 0.6 is 0 Å². The Morgan fingerprint density at radius 2 is 2.15 bits per heavy atom. The number of hydrogen-bond acceptors (Lipinski definition) is 5. The van der Waals surface area contributed by atoms with Crippen molar-refractivity contribution >= 4 is 17.4 Å². The average Bonchev–Trinajstić information content (AvgIpc) is 3.02. The molecule has 3 bridgehead atoms. The number of methoxy groups -OCH3 is 2. The van der Waals surface area contributed by atoms with E-state index in [4.69, 9.17) is 14.5 Å². The van der Waals surface area contributed by atoms with Crippen molar-refractivity contribution < 1.29 is 14.3 Å². The Morgan fingerprint density at radius 3 is 2.88 bits per heavy atom. The number of benzene rings is 1. The van der Waals surface area contributed by atoms with Crippen LogP contribution in [0.3, 0.4) is 0 Å². The van der Waals surface area contributed by atoms with Crippen LogP contribution in [0.4, 0.5) is 5.69 Å². The van der Waals surface area contributed by atoms with E-state index in [2.05, 4.69) is 36.1 Å². The molecule has 136 valence electrons. The maximum absolute atomic E-state index is 13.1. The molecule has 5 nitrogen and oxygen atoms in total. The van der Waals surface area contributed by atoms with E-state index in [1.54, 1.807) is 7.11 Å². The smallest absolute Gasteiger partial charge is 0.310 e. The molecule has 0 spiro atoms. The lowest BCUT2D eigenvalue weighted by Gasteiger charge is -2.61. The summed E-state index contributed by atoms with van der Waals surface area (Å²) in [6, 6.07) is 8.51. The summed E-state index contributed by atoms with van der Waals surface area (Å²) in [5, 5.41) is 0. The third-order valence-electron chi connectivity index (χ3n) is 7.01. The number of ether oxygens (including phenoxy) is 2. The van der Waals surface area contributed by atoms with Crippen LogP contribution in [-0.4, -0.2) is 49.6 Å². The molecular weight excluding hydrogens is 328 g/mol. The predicted octanol–water partition coefficient (Wildman–Crippen LogP) is 2.83. The van der Waals surface area contributed by atoms with Gasteiger partial charge in [0.05, 0.1) is 30.2 Å². The van der Waals surface area contributed by atoms with Crippen molar-refractivity contribution in [3.63, 3.8) is 0 Å². The van der Waals surface area contributed by atoms with E-state index in [0.29, 0.717) is 0 Å². The first kappa shape index (κ1) is 16.2. The molecule has 2 saturated heterocycles. The molecule has 1 aromatic carbocycles. The summed E-state index contributed by atoms with van der Waals surface area (Å²) in [4.78, 5) is 20.6. The summed E-state index contributed by atoms with van der Waals surface area (Å²) < 4.78 is 11.3. The van der Waals surface area contributed by atoms with Gasteiger partial charge in [-0.3, -0.25) is 14.7 Å². The molecule has 3 aliphatic heterocycles. The van der Waals surface area contributed by atoms with Gasteiger partial charge in [-0.25, -0.2) is 0 Å². The van der Waals surface area contributed by atoms with Gasteiger partial charge in [-0.1, -0.05) is 29.8 Å². The highest BCUT2D eigenvalue weighted by molar-refractivity contribution is 6.09. The first-order valence-electron chi connectivity index (χ1n) is 9.35. The summed E-state index contributed by atoms with van der Waals surface area (Å²) in [6.45, 7) is 2.91. The molecule has 0 amide bonds. The molecule has 0 N–H and O–H groups in total. The first-order chi connectivity index (χ1) is 12.7. The predicted molar refractivity (Wildman–Crippen MR) is 98.5 cm³/mol. The first-order valence-corrected chi connectivity index (χ1v) is 9.35. The summed E-state index contributed by atoms with van der Waals surface area (Å²) >= 11 is 0. The fourth-order valence-corrected chi connectivity index (χ4v) is 6.00. The van der Waals surface area contributed by atoms with E-state index in [1.165, 1.54) is 18.2 Å². The minimum atomic E-state index is -0.414. The number of nitrogens with zero attached hydrogens (tertiary/aromatic N) is 2. The quantitative estimate of drug-likeness (QED) is 0.607. The molecule has 5 atom stereocenters. The van der Waals surface area contributed by atoms with Crippen LogP contribution in [-0.2, 0) is 19.7 Å². The van der Waals surface area contributed by atoms with Crippen molar-refractivity contribution in [1.29, 1.82) is 0 Å². The minimum Gasteiger partial charge on any atom is -0.469 e. The SMILES string of the molecule is C/C=C1/CN2[C@@H](OC)C[C@]34C(=Nc5ccccc53)[C@@H]2CC1C4C(=O)OC. The van der Waals surface area contributed by atoms with Crippen molar-refractivity contribution in [2.75, 3.05) is 20.8 Å². The second-order valence-electron chi connectivity index (χ2n) is 7.77. The van der Waals surface area contributed by atoms with Gasteiger partial charge in [-0.05, 0) is 30.9 Å². The molecule has 1 aromatic rings. The molecule has 3 heterocycles. The van der Waals surface area contributed by atoms with Crippen LogP contribution in [0.1, 0.15) is 25.3 Å². The van der Waals surface area contributed by atoms with Gasteiger partial charge < -0.3 is 9.47 Å². The van der Waals surface area contributed by atoms with E-state index < -0.39 is 5.41 Å². The fourth-order valence-electron chi connectivity index (χ4n) is 6.00. The number of allylic oxidation sites excluding steroid dienone is 1. The lowest BCUT2D eigenvalue weighted by molar-refractivity contribution is -0.158. The van der Waals surface area contributed by atoms with Gasteiger partial charge in [0.2, 0.25) is 0 Å². The van der Waals surface area contributed by atoms with Crippen molar-refractivity contribution in [2.45, 2.75) is 37.5 Å². The van der Waals surface area contributed by atoms with Crippen LogP contribution in [0.15, 0.2) is 40.9 Å². The van der Waals surface area contributed by atoms with Crippen molar-refractivity contribution in [2.24, 2.45) is 16.8 Å². The standard InChI is InChI=1S/C21H24N2O3/c1-4-12-11-23-16-9-13(12)18(20(24)26-3)21(10-17(23)25-2)14-7-5-6-8-15(14)22-19(16)21/h4-8,13,16-18H,9-11H2,1-3H3/b12-4-/t13?,16-,17-,18?,21-/m0/s1. The Labute approximate surface area is 153 Å². The molecular formula is C21H24N2O3. The Kier molecular flexibility index (Phi) is 3.43. The minimum absolute atomic E-state index is 0.0199. The highest BCUT2D eigenvalue weighted by atomic mass is 16.5. The zero-order valence-electron chi connectivity index (χ0n) is 15.4. The van der Waals surface area contributed by atoms with Gasteiger partial charge in [0.15, 0.2) is 0 Å². The van der Waals surface area contributed by atoms with Crippen LogP contribution in [0.5, 0.6) is 0 Å². The average molecular weight is 352 g/mol. The molecule has 0 radical (unpaired) electrons. The third kappa shape index (κ3) is 1.78. The van der Waals surface area contributed by atoms with Gasteiger partial charge in [-0.2, -0.15) is 0 Å². The molecule has 1 aliphatic carbocycles. The second-order valence-corrected chi connectivity index (χ2v) is 7.77. The highest BCUT2D eigenvalue weighted by Gasteiger charge is 2.67. The van der Waals surface area contributed by atoms with Crippen LogP contribution < -0.4 is 0 Å². The number of fused-ring (bicyclic) bond motifs is 2. The molecule has 1 saturated carbocycles. The molecule has 2 unspecified atom stereocenters. The summed E-state index contributed by atoms with van der Waals surface area (Å²) in [5.41, 5.74) is 4.22. The Hall–Kier alpha value is -1.98. The zero-order chi connectivity index (χ0) is 18.1. The number of esters is 1. The fraction of sp³-hybridized carbons (Fsp3) is 0.524. The van der Waals surface area contributed by atoms with Crippen molar-refractivity contribution in [3.8, 4) is 0 Å². The topological polar surface area (TPSA) is 51.1 Å². The van der Waals surface area contributed by atoms with Crippen LogP contribution in [0.2, 0.25) is 0 Å². The van der Waals surface area contributed by atoms with Crippen molar-refractivity contribution in [3.05, 3.63) is 41.5 Å². The summed E-state index contributed by atoms with van der Waals surface area (Å²) in [6.07, 6.45) is 3.82. The maximum atomic E-state index is 13.1. The number of piperidine rings is 2. The summed E-state index contributed by atoms with van der Waals surface area (Å²) in [7, 11) is 3.28. The number of para-hydroxylation sites is 1. The maximum Gasteiger partial charge on any atom is 0.310 e. The van der Waals surface area contributed by atoms with E-state index in [9.17, 15) is 4.79 Å². The monoisotopic (exact) mass is 352 g/mol. The Bertz CT molecular complexity index is 845. The number of hydrogen-bond donors (Lipinski definition) is 0. The molecule has 0 aromatic heterocycles. The molecule has 3 fully saturated rings. The largest absolute Gasteiger partial charge is 0.469 e.